The molecule has 0 fully saturated rings. The summed E-state index contributed by atoms with van der Waals surface area (Å²) in [6, 6.07) is 37.1. The summed E-state index contributed by atoms with van der Waals surface area (Å²) in [6.45, 7) is 10.8. The average Bonchev–Trinajstić information content (AvgIpc) is 3.49. The first-order valence-corrected chi connectivity index (χ1v) is 15.2. The molecule has 0 aliphatic heterocycles. The molecule has 1 aliphatic carbocycles. The second kappa shape index (κ2) is 13.9. The van der Waals surface area contributed by atoms with Gasteiger partial charge in [0.2, 0.25) is 0 Å². The van der Waals surface area contributed by atoms with Gasteiger partial charge in [0.05, 0.1) is 0 Å². The fourth-order valence-corrected chi connectivity index (χ4v) is 5.75. The first-order valence-electron chi connectivity index (χ1n) is 14.0. The summed E-state index contributed by atoms with van der Waals surface area (Å²) in [4.78, 5) is 0. The number of hydrogen-bond acceptors (Lipinski definition) is 0. The van der Waals surface area contributed by atoms with Crippen LogP contribution in [0.5, 0.6) is 0 Å². The molecule has 194 valence electrons. The van der Waals surface area contributed by atoms with Gasteiger partial charge in [-0.15, -0.1) is 46.7 Å². The molecule has 6 rings (SSSR count). The van der Waals surface area contributed by atoms with E-state index in [-0.39, 0.29) is 0 Å². The van der Waals surface area contributed by atoms with Crippen LogP contribution in [0.1, 0.15) is 56.9 Å². The topological polar surface area (TPSA) is 0 Å². The van der Waals surface area contributed by atoms with E-state index in [1.165, 1.54) is 82.4 Å². The Morgan fingerprint density at radius 2 is 1.18 bits per heavy atom. The van der Waals surface area contributed by atoms with E-state index in [0.29, 0.717) is 5.92 Å². The third kappa shape index (κ3) is 7.55. The van der Waals surface area contributed by atoms with E-state index in [1.54, 1.807) is 0 Å². The van der Waals surface area contributed by atoms with Crippen LogP contribution < -0.4 is 0 Å². The number of aryl methyl sites for hydroxylation is 2. The first-order chi connectivity index (χ1) is 18.9. The summed E-state index contributed by atoms with van der Waals surface area (Å²) in [6.07, 6.45) is 7.74. The van der Waals surface area contributed by atoms with Gasteiger partial charge in [-0.2, -0.15) is 6.08 Å². The fourth-order valence-electron chi connectivity index (χ4n) is 4.93. The van der Waals surface area contributed by atoms with Crippen molar-refractivity contribution in [1.82, 2.24) is 0 Å². The van der Waals surface area contributed by atoms with Crippen LogP contribution in [0.2, 0.25) is 0 Å². The van der Waals surface area contributed by atoms with Crippen LogP contribution in [-0.4, -0.2) is 3.21 Å². The van der Waals surface area contributed by atoms with E-state index < -0.39 is 0 Å². The van der Waals surface area contributed by atoms with Crippen LogP contribution in [0.4, 0.5) is 0 Å². The van der Waals surface area contributed by atoms with Crippen LogP contribution in [0.3, 0.4) is 0 Å². The molecule has 5 aromatic rings. The summed E-state index contributed by atoms with van der Waals surface area (Å²) in [5.41, 5.74) is 8.20. The minimum atomic E-state index is 0.551. The maximum atomic E-state index is 3.29. The molecule has 39 heavy (non-hydrogen) atoms. The minimum absolute atomic E-state index is 0.551. The van der Waals surface area contributed by atoms with Crippen LogP contribution in [0.15, 0.2) is 120 Å². The molecule has 0 heterocycles. The number of hydrogen-bond donors (Lipinski definition) is 0. The number of fused-ring (bicyclic) bond motifs is 3. The second-order valence-corrected chi connectivity index (χ2v) is 11.4. The summed E-state index contributed by atoms with van der Waals surface area (Å²) in [7, 11) is 0. The Morgan fingerprint density at radius 3 is 1.51 bits per heavy atom. The van der Waals surface area contributed by atoms with Crippen molar-refractivity contribution in [1.29, 1.82) is 0 Å². The molecular formula is C38H38Zr. The zero-order valence-electron chi connectivity index (χ0n) is 23.9. The Kier molecular flexibility index (Phi) is 10.3. The van der Waals surface area contributed by atoms with Gasteiger partial charge < -0.3 is 0 Å². The van der Waals surface area contributed by atoms with Crippen molar-refractivity contribution in [3.8, 4) is 0 Å². The summed E-state index contributed by atoms with van der Waals surface area (Å²) in [5, 5.41) is 5.54. The van der Waals surface area contributed by atoms with Gasteiger partial charge in [0.1, 0.15) is 0 Å². The van der Waals surface area contributed by atoms with Crippen molar-refractivity contribution < 1.29 is 24.2 Å². The van der Waals surface area contributed by atoms with Crippen LogP contribution in [0, 0.1) is 12.0 Å². The van der Waals surface area contributed by atoms with Crippen LogP contribution >= 0.6 is 0 Å². The van der Waals surface area contributed by atoms with Crippen molar-refractivity contribution >= 4 is 24.8 Å². The van der Waals surface area contributed by atoms with Gasteiger partial charge in [-0.05, 0) is 12.8 Å². The van der Waals surface area contributed by atoms with Gasteiger partial charge >= 0.3 is 99.2 Å². The number of allylic oxidation sites excluding steroid dienone is 4. The van der Waals surface area contributed by atoms with E-state index in [4.69, 9.17) is 0 Å². The van der Waals surface area contributed by atoms with Crippen molar-refractivity contribution in [3.05, 3.63) is 149 Å². The molecule has 0 bridgehead atoms. The molecular weight excluding hydrogens is 548 g/mol. The van der Waals surface area contributed by atoms with Crippen molar-refractivity contribution in [3.63, 3.8) is 0 Å². The fraction of sp³-hybridized carbons (Fsp3) is 0.211. The molecule has 1 atom stereocenters. The Balaban J connectivity index is 0.000000145. The monoisotopic (exact) mass is 584 g/mol. The van der Waals surface area contributed by atoms with Crippen LogP contribution in [-0.2, 0) is 37.1 Å². The van der Waals surface area contributed by atoms with Gasteiger partial charge in [-0.1, -0.05) is 69.0 Å². The Morgan fingerprint density at radius 1 is 0.718 bits per heavy atom. The van der Waals surface area contributed by atoms with E-state index in [0.717, 1.165) is 12.8 Å². The van der Waals surface area contributed by atoms with Gasteiger partial charge in [0, 0.05) is 0 Å². The Hall–Kier alpha value is -3.02. The number of benzene rings is 4. The average molecular weight is 586 g/mol. The molecule has 0 saturated heterocycles. The van der Waals surface area contributed by atoms with Gasteiger partial charge in [-0.25, -0.2) is 11.1 Å². The first kappa shape index (κ1) is 29.0. The molecule has 1 heteroatoms. The van der Waals surface area contributed by atoms with Crippen molar-refractivity contribution in [2.24, 2.45) is 5.92 Å². The van der Waals surface area contributed by atoms with Gasteiger partial charge in [0.15, 0.2) is 0 Å². The summed E-state index contributed by atoms with van der Waals surface area (Å²) in [5.74, 6) is 0.551. The van der Waals surface area contributed by atoms with Gasteiger partial charge in [-0.3, -0.25) is 6.08 Å². The van der Waals surface area contributed by atoms with E-state index in [1.807, 2.05) is 0 Å². The molecule has 0 amide bonds. The molecule has 0 spiro atoms. The molecule has 0 radical (unpaired) electrons. The Bertz CT molecular complexity index is 1480. The van der Waals surface area contributed by atoms with E-state index in [2.05, 4.69) is 150 Å². The summed E-state index contributed by atoms with van der Waals surface area (Å²) < 4.78 is 1.42. The predicted molar refractivity (Wildman–Crippen MR) is 167 cm³/mol. The quantitative estimate of drug-likeness (QED) is 0.184. The maximum absolute atomic E-state index is 3.29. The Labute approximate surface area is 249 Å². The SMILES string of the molecule is CC1=[C-]C(C)C=C1C.CCc1ccc2c(c1)[cH-]c1cc(CC)ccc12.[Zr+2]=[C](c1ccccc1)c1ccccc1. The molecule has 1 aliphatic rings. The second-order valence-electron chi connectivity index (χ2n) is 10.2. The molecule has 1 unspecified atom stereocenters. The molecule has 0 N–H and O–H groups in total. The zero-order valence-corrected chi connectivity index (χ0v) is 26.3. The molecule has 0 nitrogen and oxygen atoms in total. The van der Waals surface area contributed by atoms with Crippen molar-refractivity contribution in [2.75, 3.05) is 0 Å². The third-order valence-corrected chi connectivity index (χ3v) is 8.73. The molecule has 5 aromatic carbocycles. The van der Waals surface area contributed by atoms with Crippen LogP contribution in [0.25, 0.3) is 21.5 Å². The van der Waals surface area contributed by atoms with E-state index >= 15 is 0 Å². The molecule has 0 saturated carbocycles. The standard InChI is InChI=1S/C17H17.C13H10.C8H11.Zr/c1-3-12-5-7-16-14(9-12)11-15-10-13(4-2)6-8-17(15)16;1-3-7-12(8-4-1)11-13-9-5-2-6-10-13;1-6-4-7(2)8(3)5-6;/h5-11H,3-4H2,1-2H3;1-10H;4,6H,1-3H3;/q-1;;-1;+2. The van der Waals surface area contributed by atoms with E-state index in [9.17, 15) is 0 Å². The normalized spacial score (nSPS) is 14.2. The van der Waals surface area contributed by atoms with Gasteiger partial charge in [0.25, 0.3) is 0 Å². The zero-order chi connectivity index (χ0) is 27.8. The number of rotatable bonds is 4. The predicted octanol–water partition coefficient (Wildman–Crippen LogP) is 9.97. The molecule has 0 aromatic heterocycles. The third-order valence-electron chi connectivity index (χ3n) is 7.31. The van der Waals surface area contributed by atoms with Crippen molar-refractivity contribution in [2.45, 2.75) is 47.5 Å². The summed E-state index contributed by atoms with van der Waals surface area (Å²) >= 11 is 1.46.